The molecule has 2 heteroatoms. The largest absolute Gasteiger partial charge is 0.508 e. The highest BCUT2D eigenvalue weighted by atomic mass is 16.3. The highest BCUT2D eigenvalue weighted by Gasteiger charge is 1.99. The van der Waals surface area contributed by atoms with Gasteiger partial charge in [0.25, 0.3) is 0 Å². The van der Waals surface area contributed by atoms with Gasteiger partial charge in [-0.25, -0.2) is 0 Å². The van der Waals surface area contributed by atoms with Gasteiger partial charge in [0, 0.05) is 12.1 Å². The lowest BCUT2D eigenvalue weighted by molar-refractivity contribution is 0.448. The molecule has 2 nitrogen and oxygen atoms in total. The van der Waals surface area contributed by atoms with E-state index in [0.717, 1.165) is 18.4 Å². The summed E-state index contributed by atoms with van der Waals surface area (Å²) in [5.41, 5.74) is 0.881. The van der Waals surface area contributed by atoms with Gasteiger partial charge in [0.05, 0.1) is 0 Å². The summed E-state index contributed by atoms with van der Waals surface area (Å²) in [5.74, 6) is 0.134. The second kappa shape index (κ2) is 4.75. The molecule has 1 aromatic carbocycles. The number of phenolic OH excluding ortho intramolecular Hbond substituents is 2. The third-order valence-corrected chi connectivity index (χ3v) is 1.95. The molecule has 0 spiro atoms. The van der Waals surface area contributed by atoms with Crippen LogP contribution in [0.15, 0.2) is 12.1 Å². The van der Waals surface area contributed by atoms with Crippen molar-refractivity contribution in [1.82, 2.24) is 0 Å². The fourth-order valence-corrected chi connectivity index (χ4v) is 1.30. The number of hydrogen-bond donors (Lipinski definition) is 2. The third-order valence-electron chi connectivity index (χ3n) is 1.95. The zero-order chi connectivity index (χ0) is 9.68. The molecule has 0 aliphatic rings. The van der Waals surface area contributed by atoms with Crippen molar-refractivity contribution in [2.24, 2.45) is 0 Å². The van der Waals surface area contributed by atoms with Crippen LogP contribution in [0, 0.1) is 6.07 Å². The molecule has 2 N–H and O–H groups in total. The van der Waals surface area contributed by atoms with Crippen LogP contribution in [0.5, 0.6) is 11.5 Å². The lowest BCUT2D eigenvalue weighted by atomic mass is 10.1. The van der Waals surface area contributed by atoms with Gasteiger partial charge in [0.1, 0.15) is 11.5 Å². The van der Waals surface area contributed by atoms with E-state index in [1.165, 1.54) is 18.9 Å². The molecule has 1 radical (unpaired) electrons. The molecule has 0 amide bonds. The maximum Gasteiger partial charge on any atom is 0.127 e. The maximum absolute atomic E-state index is 9.17. The third kappa shape index (κ3) is 3.36. The van der Waals surface area contributed by atoms with Gasteiger partial charge in [-0.05, 0) is 24.5 Å². The summed E-state index contributed by atoms with van der Waals surface area (Å²) in [6, 6.07) is 5.75. The van der Waals surface area contributed by atoms with Gasteiger partial charge >= 0.3 is 0 Å². The summed E-state index contributed by atoms with van der Waals surface area (Å²) in [5, 5.41) is 18.3. The Hall–Kier alpha value is -1.18. The molecule has 0 aliphatic heterocycles. The van der Waals surface area contributed by atoms with Gasteiger partial charge < -0.3 is 10.2 Å². The molecular weight excluding hydrogens is 164 g/mol. The van der Waals surface area contributed by atoms with Crippen molar-refractivity contribution < 1.29 is 10.2 Å². The number of phenols is 2. The Balaban J connectivity index is 2.56. The van der Waals surface area contributed by atoms with Crippen molar-refractivity contribution in [2.75, 3.05) is 0 Å². The number of unbranched alkanes of at least 4 members (excludes halogenated alkanes) is 2. The minimum absolute atomic E-state index is 0.0199. The first kappa shape index (κ1) is 9.90. The number of rotatable bonds is 4. The molecule has 71 valence electrons. The molecule has 0 fully saturated rings. The molecule has 0 aromatic heterocycles. The molecule has 0 saturated heterocycles. The first-order valence-corrected chi connectivity index (χ1v) is 4.66. The van der Waals surface area contributed by atoms with E-state index in [1.54, 1.807) is 6.07 Å². The number of benzene rings is 1. The second-order valence-corrected chi connectivity index (χ2v) is 3.21. The van der Waals surface area contributed by atoms with Gasteiger partial charge in [0.15, 0.2) is 0 Å². The number of aryl methyl sites for hydroxylation is 1. The van der Waals surface area contributed by atoms with Crippen molar-refractivity contribution in [3.63, 3.8) is 0 Å². The van der Waals surface area contributed by atoms with E-state index in [1.807, 2.05) is 0 Å². The van der Waals surface area contributed by atoms with Crippen molar-refractivity contribution in [3.8, 4) is 11.5 Å². The summed E-state index contributed by atoms with van der Waals surface area (Å²) in [6.45, 7) is 2.14. The van der Waals surface area contributed by atoms with Gasteiger partial charge in [-0.1, -0.05) is 19.8 Å². The van der Waals surface area contributed by atoms with E-state index in [-0.39, 0.29) is 11.5 Å². The predicted octanol–water partition coefficient (Wildman–Crippen LogP) is 2.63. The molecule has 0 atom stereocenters. The summed E-state index contributed by atoms with van der Waals surface area (Å²) in [6.07, 6.45) is 4.29. The van der Waals surface area contributed by atoms with Crippen molar-refractivity contribution in [2.45, 2.75) is 32.6 Å². The number of aromatic hydroxyl groups is 2. The first-order chi connectivity index (χ1) is 6.22. The average molecular weight is 179 g/mol. The van der Waals surface area contributed by atoms with Crippen LogP contribution in [-0.4, -0.2) is 10.2 Å². The van der Waals surface area contributed by atoms with E-state index < -0.39 is 0 Å². The van der Waals surface area contributed by atoms with Crippen molar-refractivity contribution in [3.05, 3.63) is 23.8 Å². The summed E-state index contributed by atoms with van der Waals surface area (Å²) in [7, 11) is 0. The molecule has 0 aliphatic carbocycles. The van der Waals surface area contributed by atoms with Gasteiger partial charge in [-0.3, -0.25) is 0 Å². The summed E-state index contributed by atoms with van der Waals surface area (Å²) in [4.78, 5) is 0. The van der Waals surface area contributed by atoms with Crippen molar-refractivity contribution in [1.29, 1.82) is 0 Å². The van der Waals surface area contributed by atoms with Crippen LogP contribution in [0.1, 0.15) is 31.7 Å². The quantitative estimate of drug-likeness (QED) is 0.697. The smallest absolute Gasteiger partial charge is 0.127 e. The molecule has 0 unspecified atom stereocenters. The Morgan fingerprint density at radius 3 is 2.62 bits per heavy atom. The molecule has 0 bridgehead atoms. The molecule has 1 rings (SSSR count). The monoisotopic (exact) mass is 179 g/mol. The maximum atomic E-state index is 9.17. The fourth-order valence-electron chi connectivity index (χ4n) is 1.30. The highest BCUT2D eigenvalue weighted by molar-refractivity contribution is 5.35. The van der Waals surface area contributed by atoms with Crippen LogP contribution in [0.2, 0.25) is 0 Å². The Morgan fingerprint density at radius 1 is 1.23 bits per heavy atom. The van der Waals surface area contributed by atoms with E-state index >= 15 is 0 Å². The lowest BCUT2D eigenvalue weighted by Crippen LogP contribution is -1.85. The van der Waals surface area contributed by atoms with Crippen LogP contribution in [0.4, 0.5) is 0 Å². The summed E-state index contributed by atoms with van der Waals surface area (Å²) < 4.78 is 0. The summed E-state index contributed by atoms with van der Waals surface area (Å²) >= 11 is 0. The van der Waals surface area contributed by atoms with Crippen LogP contribution < -0.4 is 0 Å². The van der Waals surface area contributed by atoms with Gasteiger partial charge in [-0.15, -0.1) is 0 Å². The SMILES string of the molecule is CCCCCc1[c]c(O)cc(O)c1. The number of hydrogen-bond acceptors (Lipinski definition) is 2. The van der Waals surface area contributed by atoms with Gasteiger partial charge in [0.2, 0.25) is 0 Å². The van der Waals surface area contributed by atoms with Crippen LogP contribution >= 0.6 is 0 Å². The fraction of sp³-hybridized carbons (Fsp3) is 0.455. The van der Waals surface area contributed by atoms with Gasteiger partial charge in [-0.2, -0.15) is 0 Å². The molecular formula is C11H15O2. The Kier molecular flexibility index (Phi) is 3.62. The van der Waals surface area contributed by atoms with E-state index in [9.17, 15) is 5.11 Å². The molecule has 0 saturated carbocycles. The van der Waals surface area contributed by atoms with Crippen LogP contribution in [-0.2, 0) is 6.42 Å². The minimum atomic E-state index is 0.0199. The second-order valence-electron chi connectivity index (χ2n) is 3.21. The normalized spacial score (nSPS) is 10.2. The minimum Gasteiger partial charge on any atom is -0.508 e. The zero-order valence-electron chi connectivity index (χ0n) is 7.88. The standard InChI is InChI=1S/C11H15O2/c1-2-3-4-5-9-6-10(12)8-11(13)7-9/h6,8,12-13H,2-5H2,1H3. The van der Waals surface area contributed by atoms with Crippen LogP contribution in [0.25, 0.3) is 0 Å². The van der Waals surface area contributed by atoms with E-state index in [0.29, 0.717) is 0 Å². The van der Waals surface area contributed by atoms with E-state index in [4.69, 9.17) is 5.11 Å². The molecule has 0 heterocycles. The molecule has 13 heavy (non-hydrogen) atoms. The van der Waals surface area contributed by atoms with Crippen LogP contribution in [0.3, 0.4) is 0 Å². The zero-order valence-corrected chi connectivity index (χ0v) is 7.88. The van der Waals surface area contributed by atoms with Crippen molar-refractivity contribution >= 4 is 0 Å². The Morgan fingerprint density at radius 2 is 2.00 bits per heavy atom. The average Bonchev–Trinajstić information content (AvgIpc) is 2.03. The topological polar surface area (TPSA) is 40.5 Å². The molecule has 1 aromatic rings. The van der Waals surface area contributed by atoms with E-state index in [2.05, 4.69) is 13.0 Å². The first-order valence-electron chi connectivity index (χ1n) is 4.66. The lowest BCUT2D eigenvalue weighted by Gasteiger charge is -2.01. The Bertz CT molecular complexity index is 249. The Labute approximate surface area is 78.8 Å². The highest BCUT2D eigenvalue weighted by Crippen LogP contribution is 2.20. The predicted molar refractivity (Wildman–Crippen MR) is 51.8 cm³/mol.